The van der Waals surface area contributed by atoms with E-state index in [1.807, 2.05) is 44.2 Å². The fraction of sp³-hybridized carbons (Fsp3) is 0.286. The first-order valence-corrected chi connectivity index (χ1v) is 6.07. The van der Waals surface area contributed by atoms with Crippen LogP contribution in [0.25, 0.3) is 0 Å². The van der Waals surface area contributed by atoms with E-state index in [0.717, 1.165) is 5.75 Å². The van der Waals surface area contributed by atoms with Crippen LogP contribution in [0.5, 0.6) is 5.75 Å². The highest BCUT2D eigenvalue weighted by atomic mass is 16.5. The van der Waals surface area contributed by atoms with Gasteiger partial charge in [0.1, 0.15) is 12.4 Å². The first-order valence-electron chi connectivity index (χ1n) is 6.07. The van der Waals surface area contributed by atoms with E-state index in [1.54, 1.807) is 10.8 Å². The largest absolute Gasteiger partial charge is 0.487 e. The van der Waals surface area contributed by atoms with Crippen LogP contribution >= 0.6 is 0 Å². The minimum Gasteiger partial charge on any atom is -0.487 e. The monoisotopic (exact) mass is 260 g/mol. The summed E-state index contributed by atoms with van der Waals surface area (Å²) in [6.45, 7) is 4.08. The maximum Gasteiger partial charge on any atom is 0.372 e. The Hall–Kier alpha value is -2.30. The minimum atomic E-state index is -1.03. The van der Waals surface area contributed by atoms with Crippen LogP contribution in [-0.2, 0) is 6.61 Å². The van der Waals surface area contributed by atoms with E-state index < -0.39 is 5.97 Å². The van der Waals surface area contributed by atoms with Crippen molar-refractivity contribution in [3.05, 3.63) is 48.0 Å². The number of ether oxygens (including phenoxy) is 1. The molecule has 5 nitrogen and oxygen atoms in total. The normalized spacial score (nSPS) is 10.7. The van der Waals surface area contributed by atoms with Gasteiger partial charge in [-0.05, 0) is 26.0 Å². The van der Waals surface area contributed by atoms with Crippen molar-refractivity contribution in [1.82, 2.24) is 9.55 Å². The van der Waals surface area contributed by atoms with Gasteiger partial charge in [0, 0.05) is 12.2 Å². The predicted molar refractivity (Wildman–Crippen MR) is 70.3 cm³/mol. The van der Waals surface area contributed by atoms with Gasteiger partial charge < -0.3 is 14.4 Å². The van der Waals surface area contributed by atoms with Crippen LogP contribution in [0.15, 0.2) is 36.5 Å². The molecule has 1 aromatic heterocycles. The van der Waals surface area contributed by atoms with Gasteiger partial charge >= 0.3 is 5.97 Å². The Morgan fingerprint density at radius 1 is 1.37 bits per heavy atom. The summed E-state index contributed by atoms with van der Waals surface area (Å²) in [5.41, 5.74) is 0.606. The second kappa shape index (κ2) is 5.56. The third-order valence-corrected chi connectivity index (χ3v) is 2.66. The summed E-state index contributed by atoms with van der Waals surface area (Å²) < 4.78 is 7.18. The predicted octanol–water partition coefficient (Wildman–Crippen LogP) is 2.74. The van der Waals surface area contributed by atoms with Crippen molar-refractivity contribution in [2.75, 3.05) is 0 Å². The lowest BCUT2D eigenvalue weighted by Crippen LogP contribution is -2.10. The van der Waals surface area contributed by atoms with Crippen molar-refractivity contribution in [3.8, 4) is 5.75 Å². The van der Waals surface area contributed by atoms with Crippen molar-refractivity contribution in [2.45, 2.75) is 26.5 Å². The van der Waals surface area contributed by atoms with Gasteiger partial charge in [0.25, 0.3) is 0 Å². The Kier molecular flexibility index (Phi) is 3.85. The van der Waals surface area contributed by atoms with E-state index >= 15 is 0 Å². The molecule has 0 aliphatic rings. The molecule has 0 aliphatic carbocycles. The van der Waals surface area contributed by atoms with Crippen molar-refractivity contribution in [1.29, 1.82) is 0 Å². The molecule has 19 heavy (non-hydrogen) atoms. The molecule has 1 heterocycles. The molecular formula is C14H16N2O3. The molecule has 0 atom stereocenters. The van der Waals surface area contributed by atoms with Crippen LogP contribution in [0.2, 0.25) is 0 Å². The number of hydrogen-bond acceptors (Lipinski definition) is 3. The number of rotatable bonds is 5. The maximum absolute atomic E-state index is 11.1. The van der Waals surface area contributed by atoms with Crippen LogP contribution in [0, 0.1) is 0 Å². The summed E-state index contributed by atoms with van der Waals surface area (Å²) in [7, 11) is 0. The quantitative estimate of drug-likeness (QED) is 0.897. The Bertz CT molecular complexity index is 561. The van der Waals surface area contributed by atoms with Gasteiger partial charge in [-0.15, -0.1) is 0 Å². The van der Waals surface area contributed by atoms with Gasteiger partial charge in [0.05, 0.1) is 5.69 Å². The van der Waals surface area contributed by atoms with E-state index in [-0.39, 0.29) is 18.5 Å². The molecule has 100 valence electrons. The molecule has 1 N–H and O–H groups in total. The summed E-state index contributed by atoms with van der Waals surface area (Å²) in [5, 5.41) is 9.09. The number of para-hydroxylation sites is 1. The summed E-state index contributed by atoms with van der Waals surface area (Å²) in [5.74, 6) is -0.250. The van der Waals surface area contributed by atoms with Gasteiger partial charge in [0.2, 0.25) is 5.82 Å². The smallest absolute Gasteiger partial charge is 0.372 e. The molecule has 0 spiro atoms. The molecule has 0 bridgehead atoms. The highest BCUT2D eigenvalue weighted by Gasteiger charge is 2.16. The van der Waals surface area contributed by atoms with Crippen LogP contribution < -0.4 is 4.74 Å². The number of nitrogens with zero attached hydrogens (tertiary/aromatic N) is 2. The molecule has 0 saturated heterocycles. The zero-order valence-electron chi connectivity index (χ0n) is 10.9. The third kappa shape index (κ3) is 3.13. The average Bonchev–Trinajstić information content (AvgIpc) is 2.82. The van der Waals surface area contributed by atoms with Gasteiger partial charge in [-0.1, -0.05) is 18.2 Å². The fourth-order valence-corrected chi connectivity index (χ4v) is 1.74. The van der Waals surface area contributed by atoms with E-state index in [1.165, 1.54) is 0 Å². The Balaban J connectivity index is 2.13. The van der Waals surface area contributed by atoms with Crippen molar-refractivity contribution < 1.29 is 14.6 Å². The van der Waals surface area contributed by atoms with Crippen LogP contribution in [0.1, 0.15) is 36.2 Å². The topological polar surface area (TPSA) is 64.4 Å². The van der Waals surface area contributed by atoms with E-state index in [4.69, 9.17) is 9.84 Å². The number of benzene rings is 1. The average molecular weight is 260 g/mol. The molecule has 0 radical (unpaired) electrons. The highest BCUT2D eigenvalue weighted by molar-refractivity contribution is 5.83. The van der Waals surface area contributed by atoms with Gasteiger partial charge in [0.15, 0.2) is 0 Å². The fourth-order valence-electron chi connectivity index (χ4n) is 1.74. The standard InChI is InChI=1S/C14H16N2O3/c1-10(2)16-8-11(15-13(16)14(17)18)9-19-12-6-4-3-5-7-12/h3-8,10H,9H2,1-2H3,(H,17,18). The van der Waals surface area contributed by atoms with Gasteiger partial charge in [-0.2, -0.15) is 0 Å². The molecule has 2 aromatic rings. The number of imidazole rings is 1. The Morgan fingerprint density at radius 3 is 2.58 bits per heavy atom. The highest BCUT2D eigenvalue weighted by Crippen LogP contribution is 2.14. The van der Waals surface area contributed by atoms with Crippen molar-refractivity contribution in [3.63, 3.8) is 0 Å². The second-order valence-electron chi connectivity index (χ2n) is 4.46. The molecule has 2 rings (SSSR count). The lowest BCUT2D eigenvalue weighted by Gasteiger charge is -2.07. The number of aromatic nitrogens is 2. The van der Waals surface area contributed by atoms with E-state index in [2.05, 4.69) is 4.98 Å². The first kappa shape index (κ1) is 13.1. The molecular weight excluding hydrogens is 244 g/mol. The lowest BCUT2D eigenvalue weighted by atomic mass is 10.3. The zero-order chi connectivity index (χ0) is 13.8. The molecule has 5 heteroatoms. The molecule has 0 unspecified atom stereocenters. The number of carboxylic acid groups (broad SMARTS) is 1. The van der Waals surface area contributed by atoms with E-state index in [0.29, 0.717) is 5.69 Å². The lowest BCUT2D eigenvalue weighted by molar-refractivity contribution is 0.0676. The second-order valence-corrected chi connectivity index (χ2v) is 4.46. The Morgan fingerprint density at radius 2 is 2.05 bits per heavy atom. The SMILES string of the molecule is CC(C)n1cc(COc2ccccc2)nc1C(=O)O. The summed E-state index contributed by atoms with van der Waals surface area (Å²) in [4.78, 5) is 15.2. The van der Waals surface area contributed by atoms with Crippen molar-refractivity contribution in [2.24, 2.45) is 0 Å². The Labute approximate surface area is 111 Å². The van der Waals surface area contributed by atoms with Crippen LogP contribution in [0.3, 0.4) is 0 Å². The molecule has 0 amide bonds. The van der Waals surface area contributed by atoms with Gasteiger partial charge in [-0.3, -0.25) is 0 Å². The number of hydrogen-bond donors (Lipinski definition) is 1. The number of carbonyl (C=O) groups is 1. The molecule has 0 fully saturated rings. The van der Waals surface area contributed by atoms with E-state index in [9.17, 15) is 4.79 Å². The number of carboxylic acids is 1. The summed E-state index contributed by atoms with van der Waals surface area (Å²) in [6.07, 6.45) is 1.72. The number of aromatic carboxylic acids is 1. The summed E-state index contributed by atoms with van der Waals surface area (Å²) >= 11 is 0. The third-order valence-electron chi connectivity index (χ3n) is 2.66. The van der Waals surface area contributed by atoms with Crippen LogP contribution in [-0.4, -0.2) is 20.6 Å². The zero-order valence-corrected chi connectivity index (χ0v) is 10.9. The van der Waals surface area contributed by atoms with Crippen LogP contribution in [0.4, 0.5) is 0 Å². The first-order chi connectivity index (χ1) is 9.08. The maximum atomic E-state index is 11.1. The van der Waals surface area contributed by atoms with Gasteiger partial charge in [-0.25, -0.2) is 9.78 Å². The summed E-state index contributed by atoms with van der Waals surface area (Å²) in [6, 6.07) is 9.40. The van der Waals surface area contributed by atoms with Crippen molar-refractivity contribution >= 4 is 5.97 Å². The molecule has 0 aliphatic heterocycles. The molecule has 0 saturated carbocycles. The minimum absolute atomic E-state index is 0.0432. The molecule has 1 aromatic carbocycles.